The molecule has 0 saturated heterocycles. The van der Waals surface area contributed by atoms with Gasteiger partial charge in [-0.1, -0.05) is 18.2 Å². The number of carbonyl (C=O) groups excluding carboxylic acids is 1. The van der Waals surface area contributed by atoms with E-state index in [0.29, 0.717) is 6.42 Å². The van der Waals surface area contributed by atoms with Crippen LogP contribution in [0.2, 0.25) is 0 Å². The van der Waals surface area contributed by atoms with Crippen LogP contribution in [0.15, 0.2) is 30.3 Å². The molecule has 2 aromatic rings. The van der Waals surface area contributed by atoms with Crippen LogP contribution in [-0.2, 0) is 13.0 Å². The molecule has 1 aromatic heterocycles. The van der Waals surface area contributed by atoms with E-state index in [-0.39, 0.29) is 5.78 Å². The molecule has 0 spiro atoms. The van der Waals surface area contributed by atoms with Crippen LogP contribution in [0.4, 0.5) is 0 Å². The third kappa shape index (κ3) is 2.13. The van der Waals surface area contributed by atoms with Crippen molar-refractivity contribution in [2.24, 2.45) is 0 Å². The van der Waals surface area contributed by atoms with Crippen molar-refractivity contribution < 1.29 is 9.53 Å². The molecule has 0 bridgehead atoms. The highest BCUT2D eigenvalue weighted by Crippen LogP contribution is 2.27. The Hall–Kier alpha value is -2.03. The highest BCUT2D eigenvalue weighted by molar-refractivity contribution is 5.98. The number of carbonyl (C=O) groups is 1. The SMILES string of the molecule is COc1ccccc1Cn1c(C)cc2c1CCCC2=O. The molecule has 0 radical (unpaired) electrons. The van der Waals surface area contributed by atoms with E-state index in [1.807, 2.05) is 24.3 Å². The van der Waals surface area contributed by atoms with Gasteiger partial charge in [0.05, 0.1) is 13.7 Å². The summed E-state index contributed by atoms with van der Waals surface area (Å²) in [5.74, 6) is 1.18. The summed E-state index contributed by atoms with van der Waals surface area (Å²) in [6, 6.07) is 10.1. The van der Waals surface area contributed by atoms with Gasteiger partial charge in [0.2, 0.25) is 0 Å². The van der Waals surface area contributed by atoms with Gasteiger partial charge < -0.3 is 9.30 Å². The summed E-state index contributed by atoms with van der Waals surface area (Å²) in [6.07, 6.45) is 2.64. The minimum Gasteiger partial charge on any atom is -0.496 e. The molecule has 20 heavy (non-hydrogen) atoms. The van der Waals surface area contributed by atoms with Crippen LogP contribution in [-0.4, -0.2) is 17.5 Å². The van der Waals surface area contributed by atoms with Gasteiger partial charge >= 0.3 is 0 Å². The fourth-order valence-corrected chi connectivity index (χ4v) is 3.01. The fraction of sp³-hybridized carbons (Fsp3) is 0.353. The molecule has 1 aromatic carbocycles. The molecule has 3 nitrogen and oxygen atoms in total. The monoisotopic (exact) mass is 269 g/mol. The van der Waals surface area contributed by atoms with Gasteiger partial charge in [-0.25, -0.2) is 0 Å². The number of benzene rings is 1. The molecule has 1 heterocycles. The lowest BCUT2D eigenvalue weighted by atomic mass is 9.96. The molecule has 0 atom stereocenters. The van der Waals surface area contributed by atoms with Crippen molar-refractivity contribution in [3.63, 3.8) is 0 Å². The summed E-state index contributed by atoms with van der Waals surface area (Å²) >= 11 is 0. The maximum Gasteiger partial charge on any atom is 0.164 e. The van der Waals surface area contributed by atoms with Crippen LogP contribution in [0.25, 0.3) is 0 Å². The minimum absolute atomic E-state index is 0.285. The Bertz CT molecular complexity index is 655. The molecule has 0 unspecified atom stereocenters. The van der Waals surface area contributed by atoms with E-state index in [0.717, 1.165) is 42.0 Å². The van der Waals surface area contributed by atoms with Crippen LogP contribution < -0.4 is 4.74 Å². The number of fused-ring (bicyclic) bond motifs is 1. The van der Waals surface area contributed by atoms with Gasteiger partial charge in [0.1, 0.15) is 5.75 Å². The number of hydrogen-bond donors (Lipinski definition) is 0. The molecular formula is C17H19NO2. The number of aryl methyl sites for hydroxylation is 1. The van der Waals surface area contributed by atoms with Crippen molar-refractivity contribution in [3.8, 4) is 5.75 Å². The third-order valence-electron chi connectivity index (χ3n) is 4.05. The summed E-state index contributed by atoms with van der Waals surface area (Å²) in [7, 11) is 1.69. The van der Waals surface area contributed by atoms with Crippen molar-refractivity contribution in [2.45, 2.75) is 32.7 Å². The predicted octanol–water partition coefficient (Wildman–Crippen LogP) is 3.37. The number of para-hydroxylation sites is 1. The molecule has 0 fully saturated rings. The van der Waals surface area contributed by atoms with Crippen molar-refractivity contribution in [1.29, 1.82) is 0 Å². The number of methoxy groups -OCH3 is 1. The topological polar surface area (TPSA) is 31.2 Å². The Morgan fingerprint density at radius 3 is 2.85 bits per heavy atom. The summed E-state index contributed by atoms with van der Waals surface area (Å²) in [4.78, 5) is 12.0. The highest BCUT2D eigenvalue weighted by Gasteiger charge is 2.22. The summed E-state index contributed by atoms with van der Waals surface area (Å²) in [6.45, 7) is 2.83. The van der Waals surface area contributed by atoms with Gasteiger partial charge in [-0.15, -0.1) is 0 Å². The highest BCUT2D eigenvalue weighted by atomic mass is 16.5. The molecule has 3 rings (SSSR count). The predicted molar refractivity (Wildman–Crippen MR) is 78.5 cm³/mol. The van der Waals surface area contributed by atoms with Crippen molar-refractivity contribution in [1.82, 2.24) is 4.57 Å². The van der Waals surface area contributed by atoms with Crippen LogP contribution in [0, 0.1) is 6.92 Å². The smallest absolute Gasteiger partial charge is 0.164 e. The first kappa shape index (κ1) is 13.0. The van der Waals surface area contributed by atoms with Gasteiger partial charge in [0.25, 0.3) is 0 Å². The standard InChI is InChI=1S/C17H19NO2/c1-12-10-14-15(7-5-8-16(14)19)18(12)11-13-6-3-4-9-17(13)20-2/h3-4,6,9-10H,5,7-8,11H2,1-2H3. The molecular weight excluding hydrogens is 250 g/mol. The average Bonchev–Trinajstić information content (AvgIpc) is 2.78. The summed E-state index contributed by atoms with van der Waals surface area (Å²) in [5.41, 5.74) is 4.40. The molecule has 0 aliphatic heterocycles. The first-order chi connectivity index (χ1) is 9.70. The maximum atomic E-state index is 12.0. The van der Waals surface area contributed by atoms with Gasteiger partial charge in [-0.05, 0) is 31.9 Å². The molecule has 1 aliphatic carbocycles. The number of ketones is 1. The first-order valence-corrected chi connectivity index (χ1v) is 7.05. The van der Waals surface area contributed by atoms with Gasteiger partial charge in [0.15, 0.2) is 5.78 Å². The van der Waals surface area contributed by atoms with E-state index in [4.69, 9.17) is 4.74 Å². The molecule has 104 valence electrons. The first-order valence-electron chi connectivity index (χ1n) is 7.05. The van der Waals surface area contributed by atoms with E-state index in [2.05, 4.69) is 17.6 Å². The second-order valence-corrected chi connectivity index (χ2v) is 5.32. The van der Waals surface area contributed by atoms with Crippen molar-refractivity contribution >= 4 is 5.78 Å². The third-order valence-corrected chi connectivity index (χ3v) is 4.05. The Balaban J connectivity index is 2.01. The lowest BCUT2D eigenvalue weighted by Crippen LogP contribution is -2.14. The van der Waals surface area contributed by atoms with E-state index in [1.54, 1.807) is 7.11 Å². The summed E-state index contributed by atoms with van der Waals surface area (Å²) < 4.78 is 7.67. The molecule has 0 saturated carbocycles. The Kier molecular flexibility index (Phi) is 3.35. The Morgan fingerprint density at radius 1 is 1.25 bits per heavy atom. The van der Waals surface area contributed by atoms with E-state index < -0.39 is 0 Å². The number of hydrogen-bond acceptors (Lipinski definition) is 2. The number of aromatic nitrogens is 1. The van der Waals surface area contributed by atoms with Crippen molar-refractivity contribution in [3.05, 3.63) is 52.8 Å². The second kappa shape index (κ2) is 5.16. The van der Waals surface area contributed by atoms with Crippen LogP contribution in [0.3, 0.4) is 0 Å². The number of Topliss-reactive ketones (excluding diaryl/α,β-unsaturated/α-hetero) is 1. The normalized spacial score (nSPS) is 14.2. The number of nitrogens with zero attached hydrogens (tertiary/aromatic N) is 1. The Labute approximate surface area is 119 Å². The second-order valence-electron chi connectivity index (χ2n) is 5.32. The maximum absolute atomic E-state index is 12.0. The average molecular weight is 269 g/mol. The number of rotatable bonds is 3. The zero-order chi connectivity index (χ0) is 14.1. The largest absolute Gasteiger partial charge is 0.496 e. The number of ether oxygens (including phenoxy) is 1. The lowest BCUT2D eigenvalue weighted by molar-refractivity contribution is 0.0972. The molecule has 3 heteroatoms. The molecule has 1 aliphatic rings. The van der Waals surface area contributed by atoms with Gasteiger partial charge in [-0.2, -0.15) is 0 Å². The van der Waals surface area contributed by atoms with E-state index in [9.17, 15) is 4.79 Å². The van der Waals surface area contributed by atoms with Crippen LogP contribution in [0.5, 0.6) is 5.75 Å². The molecule has 0 amide bonds. The van der Waals surface area contributed by atoms with Crippen molar-refractivity contribution in [2.75, 3.05) is 7.11 Å². The summed E-state index contributed by atoms with van der Waals surface area (Å²) in [5, 5.41) is 0. The lowest BCUT2D eigenvalue weighted by Gasteiger charge is -2.17. The van der Waals surface area contributed by atoms with Crippen LogP contribution >= 0.6 is 0 Å². The Morgan fingerprint density at radius 2 is 2.05 bits per heavy atom. The van der Waals surface area contributed by atoms with Gasteiger partial charge in [0, 0.05) is 28.9 Å². The quantitative estimate of drug-likeness (QED) is 0.855. The van der Waals surface area contributed by atoms with Gasteiger partial charge in [-0.3, -0.25) is 4.79 Å². The molecule has 0 N–H and O–H groups in total. The van der Waals surface area contributed by atoms with E-state index >= 15 is 0 Å². The fourth-order valence-electron chi connectivity index (χ4n) is 3.01. The zero-order valence-corrected chi connectivity index (χ0v) is 12.0. The minimum atomic E-state index is 0.285. The van der Waals surface area contributed by atoms with E-state index in [1.165, 1.54) is 5.69 Å². The van der Waals surface area contributed by atoms with Crippen LogP contribution in [0.1, 0.15) is 40.2 Å². The zero-order valence-electron chi connectivity index (χ0n) is 12.0.